The molecule has 2 heterocycles. The van der Waals surface area contributed by atoms with Gasteiger partial charge in [0, 0.05) is 22.8 Å². The van der Waals surface area contributed by atoms with E-state index >= 15 is 0 Å². The number of hydrogen-bond acceptors (Lipinski definition) is 6. The number of rotatable bonds is 8. The second kappa shape index (κ2) is 9.97. The lowest BCUT2D eigenvalue weighted by Gasteiger charge is -2.15. The molecule has 0 radical (unpaired) electrons. The van der Waals surface area contributed by atoms with Gasteiger partial charge in [0.05, 0.1) is 5.69 Å². The smallest absolute Gasteiger partial charge is 0.283 e. The molecular formula is C24H21ClN4O3S. The Morgan fingerprint density at radius 2 is 1.79 bits per heavy atom. The van der Waals surface area contributed by atoms with E-state index in [2.05, 4.69) is 22.5 Å². The van der Waals surface area contributed by atoms with Gasteiger partial charge in [-0.3, -0.25) is 19.7 Å². The van der Waals surface area contributed by atoms with Crippen molar-refractivity contribution in [3.63, 3.8) is 0 Å². The average Bonchev–Trinajstić information content (AvgIpc) is 3.41. The van der Waals surface area contributed by atoms with Crippen molar-refractivity contribution in [2.24, 2.45) is 0 Å². The van der Waals surface area contributed by atoms with Gasteiger partial charge in [0.2, 0.25) is 0 Å². The quantitative estimate of drug-likeness (QED) is 0.434. The first-order valence-electron chi connectivity index (χ1n) is 10.4. The standard InChI is InChI=1S/C24H21ClN4O3S/c1-2-3-4-15-5-11-18(12-6-15)29-22(31)19(25)20(23(29)32)27-17-9-7-16(8-10-17)21(30)28-24-26-13-14-33-24/h5-14,27H,2-4H2,1H3,(H,26,28,30). The highest BCUT2D eigenvalue weighted by molar-refractivity contribution is 7.13. The van der Waals surface area contributed by atoms with Gasteiger partial charge in [0.15, 0.2) is 5.13 Å². The van der Waals surface area contributed by atoms with E-state index in [9.17, 15) is 14.4 Å². The monoisotopic (exact) mass is 480 g/mol. The minimum atomic E-state index is -0.579. The van der Waals surface area contributed by atoms with Gasteiger partial charge in [0.25, 0.3) is 17.7 Å². The maximum atomic E-state index is 13.0. The Balaban J connectivity index is 1.45. The average molecular weight is 481 g/mol. The number of nitrogens with one attached hydrogen (secondary N) is 2. The van der Waals surface area contributed by atoms with E-state index in [0.29, 0.717) is 22.1 Å². The SMILES string of the molecule is CCCCc1ccc(N2C(=O)C(Cl)=C(Nc3ccc(C(=O)Nc4nccs4)cc3)C2=O)cc1. The Bertz CT molecular complexity index is 1210. The molecule has 9 heteroatoms. The lowest BCUT2D eigenvalue weighted by molar-refractivity contribution is -0.120. The maximum Gasteiger partial charge on any atom is 0.283 e. The minimum Gasteiger partial charge on any atom is -0.350 e. The van der Waals surface area contributed by atoms with Crippen LogP contribution in [0.4, 0.5) is 16.5 Å². The summed E-state index contributed by atoms with van der Waals surface area (Å²) in [6.07, 6.45) is 4.72. The van der Waals surface area contributed by atoms with Crippen molar-refractivity contribution in [3.05, 3.63) is 82.0 Å². The van der Waals surface area contributed by atoms with E-state index in [1.54, 1.807) is 48.0 Å². The lowest BCUT2D eigenvalue weighted by Crippen LogP contribution is -2.32. The molecule has 1 aliphatic heterocycles. The number of thiazole rings is 1. The number of unbranched alkanes of at least 4 members (excludes halogenated alkanes) is 1. The van der Waals surface area contributed by atoms with Gasteiger partial charge in [-0.05, 0) is 54.8 Å². The summed E-state index contributed by atoms with van der Waals surface area (Å²) in [5, 5.41) is 7.71. The summed E-state index contributed by atoms with van der Waals surface area (Å²) >= 11 is 7.54. The predicted octanol–water partition coefficient (Wildman–Crippen LogP) is 5.17. The Labute approximate surface area is 200 Å². The van der Waals surface area contributed by atoms with E-state index in [0.717, 1.165) is 29.7 Å². The molecule has 0 atom stereocenters. The molecule has 0 fully saturated rings. The number of imide groups is 1. The summed E-state index contributed by atoms with van der Waals surface area (Å²) in [4.78, 5) is 43.0. The second-order valence-corrected chi connectivity index (χ2v) is 8.67. The molecule has 2 aromatic carbocycles. The number of amides is 3. The number of aryl methyl sites for hydroxylation is 1. The fourth-order valence-electron chi connectivity index (χ4n) is 3.34. The molecule has 7 nitrogen and oxygen atoms in total. The molecule has 0 unspecified atom stereocenters. The number of anilines is 3. The molecule has 1 aromatic heterocycles. The number of carbonyl (C=O) groups excluding carboxylic acids is 3. The van der Waals surface area contributed by atoms with Crippen LogP contribution in [0, 0.1) is 0 Å². The van der Waals surface area contributed by atoms with E-state index in [1.807, 2.05) is 12.1 Å². The van der Waals surface area contributed by atoms with Crippen LogP contribution in [0.25, 0.3) is 0 Å². The van der Waals surface area contributed by atoms with Crippen molar-refractivity contribution in [1.29, 1.82) is 0 Å². The van der Waals surface area contributed by atoms with Crippen LogP contribution < -0.4 is 15.5 Å². The van der Waals surface area contributed by atoms with Crippen LogP contribution in [0.3, 0.4) is 0 Å². The number of aromatic nitrogens is 1. The topological polar surface area (TPSA) is 91.4 Å². The van der Waals surface area contributed by atoms with Crippen LogP contribution in [-0.2, 0) is 16.0 Å². The third-order valence-corrected chi connectivity index (χ3v) is 6.15. The second-order valence-electron chi connectivity index (χ2n) is 7.40. The third-order valence-electron chi connectivity index (χ3n) is 5.11. The van der Waals surface area contributed by atoms with E-state index in [1.165, 1.54) is 11.3 Å². The highest BCUT2D eigenvalue weighted by Crippen LogP contribution is 2.30. The molecule has 33 heavy (non-hydrogen) atoms. The van der Waals surface area contributed by atoms with Crippen LogP contribution in [0.15, 0.2) is 70.8 Å². The van der Waals surface area contributed by atoms with E-state index in [4.69, 9.17) is 11.6 Å². The van der Waals surface area contributed by atoms with Crippen molar-refractivity contribution in [3.8, 4) is 0 Å². The Morgan fingerprint density at radius 1 is 1.06 bits per heavy atom. The molecule has 0 bridgehead atoms. The van der Waals surface area contributed by atoms with Crippen molar-refractivity contribution in [2.75, 3.05) is 15.5 Å². The zero-order chi connectivity index (χ0) is 23.4. The summed E-state index contributed by atoms with van der Waals surface area (Å²) in [5.41, 5.74) is 2.56. The van der Waals surface area contributed by atoms with Crippen molar-refractivity contribution in [1.82, 2.24) is 4.98 Å². The third kappa shape index (κ3) is 4.97. The number of hydrogen-bond donors (Lipinski definition) is 2. The zero-order valence-electron chi connectivity index (χ0n) is 17.8. The molecule has 0 saturated carbocycles. The fraction of sp³-hybridized carbons (Fsp3) is 0.167. The van der Waals surface area contributed by atoms with Crippen LogP contribution in [0.2, 0.25) is 0 Å². The van der Waals surface area contributed by atoms with E-state index in [-0.39, 0.29) is 16.6 Å². The number of halogens is 1. The van der Waals surface area contributed by atoms with Gasteiger partial charge < -0.3 is 5.32 Å². The van der Waals surface area contributed by atoms with Gasteiger partial charge >= 0.3 is 0 Å². The minimum absolute atomic E-state index is 0.00304. The highest BCUT2D eigenvalue weighted by atomic mass is 35.5. The first kappa shape index (κ1) is 22.7. The first-order chi connectivity index (χ1) is 16.0. The summed E-state index contributed by atoms with van der Waals surface area (Å²) in [7, 11) is 0. The fourth-order valence-corrected chi connectivity index (χ4v) is 4.08. The Hall–Kier alpha value is -3.49. The molecule has 0 spiro atoms. The Morgan fingerprint density at radius 3 is 2.42 bits per heavy atom. The maximum absolute atomic E-state index is 13.0. The van der Waals surface area contributed by atoms with Crippen LogP contribution in [0.5, 0.6) is 0 Å². The zero-order valence-corrected chi connectivity index (χ0v) is 19.4. The van der Waals surface area contributed by atoms with Crippen molar-refractivity contribution in [2.45, 2.75) is 26.2 Å². The van der Waals surface area contributed by atoms with Gasteiger partial charge in [-0.2, -0.15) is 0 Å². The molecule has 4 rings (SSSR count). The Kier molecular flexibility index (Phi) is 6.86. The molecule has 168 valence electrons. The summed E-state index contributed by atoms with van der Waals surface area (Å²) < 4.78 is 0. The van der Waals surface area contributed by atoms with Gasteiger partial charge in [-0.25, -0.2) is 9.88 Å². The van der Waals surface area contributed by atoms with Crippen LogP contribution in [-0.4, -0.2) is 22.7 Å². The first-order valence-corrected chi connectivity index (χ1v) is 11.7. The number of benzene rings is 2. The number of carbonyl (C=O) groups is 3. The molecule has 0 aliphatic carbocycles. The van der Waals surface area contributed by atoms with Gasteiger partial charge in [-0.1, -0.05) is 37.1 Å². The molecule has 3 amide bonds. The van der Waals surface area contributed by atoms with Crippen molar-refractivity contribution >= 4 is 57.2 Å². The lowest BCUT2D eigenvalue weighted by atomic mass is 10.1. The van der Waals surface area contributed by atoms with Gasteiger partial charge in [-0.15, -0.1) is 11.3 Å². The summed E-state index contributed by atoms with van der Waals surface area (Å²) in [6, 6.07) is 13.8. The highest BCUT2D eigenvalue weighted by Gasteiger charge is 2.38. The number of nitrogens with zero attached hydrogens (tertiary/aromatic N) is 2. The molecule has 3 aromatic rings. The molecule has 1 aliphatic rings. The summed E-state index contributed by atoms with van der Waals surface area (Å²) in [5.74, 6) is -1.41. The largest absolute Gasteiger partial charge is 0.350 e. The van der Waals surface area contributed by atoms with Gasteiger partial charge in [0.1, 0.15) is 10.7 Å². The molecule has 0 saturated heterocycles. The molecule has 2 N–H and O–H groups in total. The normalized spacial score (nSPS) is 13.6. The van der Waals surface area contributed by atoms with E-state index < -0.39 is 11.8 Å². The predicted molar refractivity (Wildman–Crippen MR) is 131 cm³/mol. The molecular weight excluding hydrogens is 460 g/mol. The summed E-state index contributed by atoms with van der Waals surface area (Å²) in [6.45, 7) is 2.13. The van der Waals surface area contributed by atoms with Crippen LogP contribution in [0.1, 0.15) is 35.7 Å². The van der Waals surface area contributed by atoms with Crippen molar-refractivity contribution < 1.29 is 14.4 Å². The van der Waals surface area contributed by atoms with Crippen LogP contribution >= 0.6 is 22.9 Å².